The Morgan fingerprint density at radius 3 is 1.87 bits per heavy atom. The van der Waals surface area contributed by atoms with Gasteiger partial charge in [-0.2, -0.15) is 0 Å². The summed E-state index contributed by atoms with van der Waals surface area (Å²) in [6.45, 7) is 7.40. The van der Waals surface area contributed by atoms with E-state index in [2.05, 4.69) is 23.4 Å². The normalized spacial score (nSPS) is 24.1. The lowest BCUT2D eigenvalue weighted by Crippen LogP contribution is -2.43. The van der Waals surface area contributed by atoms with Crippen molar-refractivity contribution in [3.63, 3.8) is 0 Å². The van der Waals surface area contributed by atoms with Crippen LogP contribution in [-0.2, 0) is 0 Å². The van der Waals surface area contributed by atoms with Crippen LogP contribution in [0.1, 0.15) is 0 Å². The van der Waals surface area contributed by atoms with Gasteiger partial charge in [0, 0.05) is 39.3 Å². The lowest BCUT2D eigenvalue weighted by atomic mass is 10.2. The predicted octanol–water partition coefficient (Wildman–Crippen LogP) is -2.43. The van der Waals surface area contributed by atoms with Gasteiger partial charge < -0.3 is 24.6 Å². The van der Waals surface area contributed by atoms with E-state index in [1.807, 2.05) is 4.81 Å². The van der Waals surface area contributed by atoms with Crippen LogP contribution in [0.25, 0.3) is 0 Å². The second kappa shape index (κ2) is 8.10. The van der Waals surface area contributed by atoms with Crippen LogP contribution in [0.5, 0.6) is 0 Å². The van der Waals surface area contributed by atoms with E-state index < -0.39 is 0 Å². The average molecular weight is 214 g/mol. The maximum absolute atomic E-state index is 12.5. The Labute approximate surface area is 93.3 Å². The summed E-state index contributed by atoms with van der Waals surface area (Å²) < 4.78 is 12.5. The van der Waals surface area contributed by atoms with Crippen LogP contribution in [0.4, 0.5) is 4.32 Å². The summed E-state index contributed by atoms with van der Waals surface area (Å²) in [5, 5.41) is 6.65. The summed E-state index contributed by atoms with van der Waals surface area (Å²) in [6.07, 6.45) is 0. The summed E-state index contributed by atoms with van der Waals surface area (Å²) in [6, 6.07) is 0. The molecule has 0 saturated carbocycles. The van der Waals surface area contributed by atoms with Gasteiger partial charge in [0.1, 0.15) is 0 Å². The second-order valence-electron chi connectivity index (χ2n) is 4.04. The molecule has 0 bridgehead atoms. The highest BCUT2D eigenvalue weighted by atomic mass is 19.1. The molecule has 1 heterocycles. The van der Waals surface area contributed by atoms with Gasteiger partial charge in [0.05, 0.1) is 0 Å². The molecule has 0 radical (unpaired) electrons. The first-order chi connectivity index (χ1) is 7.33. The zero-order valence-corrected chi connectivity index (χ0v) is 9.64. The largest absolute Gasteiger partial charge is 0.414 e. The number of halogens is 1. The number of nitrogens with one attached hydrogen (secondary N) is 2. The smallest absolute Gasteiger partial charge is 0.347 e. The van der Waals surface area contributed by atoms with Crippen molar-refractivity contribution in [2.45, 2.75) is 0 Å². The minimum Gasteiger partial charge on any atom is -0.347 e. The average Bonchev–Trinajstić information content (AvgIpc) is 2.23. The summed E-state index contributed by atoms with van der Waals surface area (Å²) in [5.74, 6) is 0. The third-order valence-electron chi connectivity index (χ3n) is 2.72. The standard InChI is InChI=1S/C8H21B2FN4/c9-14-5-1-12-3-7-15(10-11)8-4-13-2-6-14/h10,12-13H,1-9H2. The molecule has 0 aromatic heterocycles. The topological polar surface area (TPSA) is 30.5 Å². The molecule has 86 valence electrons. The fourth-order valence-electron chi connectivity index (χ4n) is 1.61. The molecule has 4 nitrogen and oxygen atoms in total. The molecule has 0 unspecified atom stereocenters. The molecule has 0 amide bonds. The molecule has 0 aliphatic carbocycles. The van der Waals surface area contributed by atoms with Crippen LogP contribution < -0.4 is 10.6 Å². The molecule has 15 heavy (non-hydrogen) atoms. The summed E-state index contributed by atoms with van der Waals surface area (Å²) in [7, 11) is 1.78. The molecule has 0 atom stereocenters. The lowest BCUT2D eigenvalue weighted by molar-refractivity contribution is 0.370. The third kappa shape index (κ3) is 6.14. The maximum Gasteiger partial charge on any atom is 0.414 e. The molecule has 1 fully saturated rings. The van der Waals surface area contributed by atoms with E-state index in [1.165, 1.54) is 0 Å². The van der Waals surface area contributed by atoms with Gasteiger partial charge in [-0.25, -0.2) is 0 Å². The predicted molar refractivity (Wildman–Crippen MR) is 65.7 cm³/mol. The van der Waals surface area contributed by atoms with Crippen LogP contribution in [0.2, 0.25) is 0 Å². The van der Waals surface area contributed by atoms with Gasteiger partial charge in [0.15, 0.2) is 7.98 Å². The van der Waals surface area contributed by atoms with E-state index in [-0.39, 0.29) is 7.69 Å². The van der Waals surface area contributed by atoms with E-state index in [1.54, 1.807) is 0 Å². The Kier molecular flexibility index (Phi) is 7.00. The van der Waals surface area contributed by atoms with E-state index in [0.717, 1.165) is 52.4 Å². The molecule has 0 spiro atoms. The molecular weight excluding hydrogens is 193 g/mol. The van der Waals surface area contributed by atoms with E-state index in [4.69, 9.17) is 0 Å². The highest BCUT2D eigenvalue weighted by Crippen LogP contribution is 1.86. The van der Waals surface area contributed by atoms with Gasteiger partial charge in [0.2, 0.25) is 0 Å². The molecular formula is C8H21B2FN4. The van der Waals surface area contributed by atoms with Gasteiger partial charge in [-0.3, -0.25) is 0 Å². The highest BCUT2D eigenvalue weighted by Gasteiger charge is 2.06. The van der Waals surface area contributed by atoms with Gasteiger partial charge in [-0.15, -0.1) is 0 Å². The van der Waals surface area contributed by atoms with Crippen molar-refractivity contribution in [2.24, 2.45) is 0 Å². The van der Waals surface area contributed by atoms with E-state index in [0.29, 0.717) is 0 Å². The Balaban J connectivity index is 2.23. The molecule has 1 aliphatic rings. The summed E-state index contributed by atoms with van der Waals surface area (Å²) in [5.41, 5.74) is 0. The van der Waals surface area contributed by atoms with Crippen molar-refractivity contribution in [1.82, 2.24) is 20.3 Å². The molecule has 0 aromatic carbocycles. The van der Waals surface area contributed by atoms with Gasteiger partial charge in [0.25, 0.3) is 0 Å². The number of hydrogen-bond acceptors (Lipinski definition) is 4. The van der Waals surface area contributed by atoms with Crippen LogP contribution in [0, 0.1) is 0 Å². The molecule has 1 saturated heterocycles. The SMILES string of the molecule is BN1CCNCCN(BF)CCNCC1. The zero-order valence-electron chi connectivity index (χ0n) is 9.64. The Morgan fingerprint density at radius 1 is 0.933 bits per heavy atom. The van der Waals surface area contributed by atoms with Crippen LogP contribution in [0.15, 0.2) is 0 Å². The first-order valence-corrected chi connectivity index (χ1v) is 5.71. The van der Waals surface area contributed by atoms with E-state index >= 15 is 0 Å². The third-order valence-corrected chi connectivity index (χ3v) is 2.72. The highest BCUT2D eigenvalue weighted by molar-refractivity contribution is 6.22. The number of hydrogen-bond donors (Lipinski definition) is 2. The maximum atomic E-state index is 12.5. The van der Waals surface area contributed by atoms with Gasteiger partial charge in [-0.05, 0) is 13.1 Å². The monoisotopic (exact) mass is 214 g/mol. The van der Waals surface area contributed by atoms with Crippen molar-refractivity contribution in [2.75, 3.05) is 52.4 Å². The van der Waals surface area contributed by atoms with Crippen molar-refractivity contribution in [3.05, 3.63) is 0 Å². The minimum atomic E-state index is -0.344. The Morgan fingerprint density at radius 2 is 1.40 bits per heavy atom. The Bertz CT molecular complexity index is 150. The first-order valence-electron chi connectivity index (χ1n) is 5.71. The second-order valence-corrected chi connectivity index (χ2v) is 4.04. The molecule has 7 heteroatoms. The van der Waals surface area contributed by atoms with Gasteiger partial charge >= 0.3 is 7.69 Å². The number of nitrogens with zero attached hydrogens (tertiary/aromatic N) is 2. The molecule has 0 aromatic rings. The van der Waals surface area contributed by atoms with Crippen molar-refractivity contribution in [1.29, 1.82) is 0 Å². The molecule has 1 aliphatic heterocycles. The molecule has 2 N–H and O–H groups in total. The van der Waals surface area contributed by atoms with Crippen LogP contribution in [0.3, 0.4) is 0 Å². The van der Waals surface area contributed by atoms with E-state index in [9.17, 15) is 4.32 Å². The Hall–Kier alpha value is -0.100. The van der Waals surface area contributed by atoms with Crippen molar-refractivity contribution < 1.29 is 4.32 Å². The number of rotatable bonds is 1. The molecule has 1 rings (SSSR count). The van der Waals surface area contributed by atoms with Gasteiger partial charge in [-0.1, -0.05) is 0 Å². The van der Waals surface area contributed by atoms with Crippen LogP contribution in [-0.4, -0.2) is 77.7 Å². The van der Waals surface area contributed by atoms with Crippen LogP contribution >= 0.6 is 0 Å². The fraction of sp³-hybridized carbons (Fsp3) is 1.00. The summed E-state index contributed by atoms with van der Waals surface area (Å²) >= 11 is 0. The first kappa shape index (κ1) is 13.0. The fourth-order valence-corrected chi connectivity index (χ4v) is 1.61. The lowest BCUT2D eigenvalue weighted by Gasteiger charge is -2.22. The zero-order chi connectivity index (χ0) is 10.9. The van der Waals surface area contributed by atoms with Crippen molar-refractivity contribution >= 4 is 15.7 Å². The minimum absolute atomic E-state index is 0.344. The summed E-state index contributed by atoms with van der Waals surface area (Å²) in [4.78, 5) is 4.12. The quantitative estimate of drug-likeness (QED) is 0.475. The van der Waals surface area contributed by atoms with Crippen molar-refractivity contribution in [3.8, 4) is 0 Å².